The summed E-state index contributed by atoms with van der Waals surface area (Å²) in [5, 5.41) is 4.60. The molecule has 0 bridgehead atoms. The van der Waals surface area contributed by atoms with Crippen LogP contribution in [0.2, 0.25) is 5.02 Å². The van der Waals surface area contributed by atoms with E-state index < -0.39 is 0 Å². The summed E-state index contributed by atoms with van der Waals surface area (Å²) in [6, 6.07) is 8.96. The standard InChI is InChI=1S/C18H28ClN/c1-3-15-9-5-6-11-17(15)18(20-4-2)13-14-8-7-10-16(19)12-14/h7-8,10,12,15,17-18,20H,3-6,9,11,13H2,1-2H3. The van der Waals surface area contributed by atoms with Crippen LogP contribution in [-0.4, -0.2) is 12.6 Å². The van der Waals surface area contributed by atoms with E-state index >= 15 is 0 Å². The van der Waals surface area contributed by atoms with Crippen LogP contribution < -0.4 is 5.32 Å². The maximum absolute atomic E-state index is 6.13. The molecule has 0 saturated heterocycles. The third-order valence-electron chi connectivity index (χ3n) is 4.82. The molecule has 0 aromatic heterocycles. The van der Waals surface area contributed by atoms with Crippen LogP contribution in [0.1, 0.15) is 51.5 Å². The second-order valence-corrected chi connectivity index (χ2v) is 6.55. The van der Waals surface area contributed by atoms with Crippen molar-refractivity contribution >= 4 is 11.6 Å². The van der Waals surface area contributed by atoms with Crippen molar-refractivity contribution in [2.45, 2.75) is 58.4 Å². The Morgan fingerprint density at radius 3 is 2.75 bits per heavy atom. The zero-order valence-corrected chi connectivity index (χ0v) is 13.6. The van der Waals surface area contributed by atoms with E-state index in [0.717, 1.165) is 29.8 Å². The number of benzene rings is 1. The molecule has 1 fully saturated rings. The highest BCUT2D eigenvalue weighted by Crippen LogP contribution is 2.35. The van der Waals surface area contributed by atoms with Crippen LogP contribution in [0.4, 0.5) is 0 Å². The zero-order chi connectivity index (χ0) is 14.4. The number of hydrogen-bond donors (Lipinski definition) is 1. The molecule has 3 unspecified atom stereocenters. The topological polar surface area (TPSA) is 12.0 Å². The van der Waals surface area contributed by atoms with Crippen molar-refractivity contribution in [3.8, 4) is 0 Å². The summed E-state index contributed by atoms with van der Waals surface area (Å²) >= 11 is 6.13. The maximum Gasteiger partial charge on any atom is 0.0408 e. The lowest BCUT2D eigenvalue weighted by atomic mass is 9.72. The van der Waals surface area contributed by atoms with Gasteiger partial charge < -0.3 is 5.32 Å². The van der Waals surface area contributed by atoms with E-state index in [1.807, 2.05) is 6.07 Å². The molecule has 0 aliphatic heterocycles. The van der Waals surface area contributed by atoms with Gasteiger partial charge in [0.15, 0.2) is 0 Å². The Labute approximate surface area is 129 Å². The fraction of sp³-hybridized carbons (Fsp3) is 0.667. The molecule has 3 atom stereocenters. The van der Waals surface area contributed by atoms with Gasteiger partial charge in [0, 0.05) is 11.1 Å². The molecule has 0 amide bonds. The van der Waals surface area contributed by atoms with Crippen LogP contribution in [0.3, 0.4) is 0 Å². The van der Waals surface area contributed by atoms with Gasteiger partial charge in [0.25, 0.3) is 0 Å². The van der Waals surface area contributed by atoms with Gasteiger partial charge in [-0.1, -0.05) is 63.3 Å². The van der Waals surface area contributed by atoms with E-state index in [-0.39, 0.29) is 0 Å². The van der Waals surface area contributed by atoms with E-state index in [2.05, 4.69) is 37.4 Å². The smallest absolute Gasteiger partial charge is 0.0408 e. The van der Waals surface area contributed by atoms with Crippen molar-refractivity contribution in [1.29, 1.82) is 0 Å². The van der Waals surface area contributed by atoms with Crippen LogP contribution in [0.25, 0.3) is 0 Å². The van der Waals surface area contributed by atoms with Crippen molar-refractivity contribution in [1.82, 2.24) is 5.32 Å². The van der Waals surface area contributed by atoms with Gasteiger partial charge in [-0.2, -0.15) is 0 Å². The Bertz CT molecular complexity index is 404. The molecule has 1 aromatic rings. The minimum atomic E-state index is 0.601. The monoisotopic (exact) mass is 293 g/mol. The van der Waals surface area contributed by atoms with Gasteiger partial charge in [-0.25, -0.2) is 0 Å². The quantitative estimate of drug-likeness (QED) is 0.771. The second-order valence-electron chi connectivity index (χ2n) is 6.11. The SMILES string of the molecule is CCNC(Cc1cccc(Cl)c1)C1CCCCC1CC. The molecule has 2 heteroatoms. The zero-order valence-electron chi connectivity index (χ0n) is 12.9. The molecule has 0 radical (unpaired) electrons. The van der Waals surface area contributed by atoms with Crippen LogP contribution in [0.5, 0.6) is 0 Å². The molecule has 1 nitrogen and oxygen atoms in total. The molecule has 1 aromatic carbocycles. The maximum atomic E-state index is 6.13. The molecule has 2 rings (SSSR count). The molecule has 0 spiro atoms. The molecular weight excluding hydrogens is 266 g/mol. The van der Waals surface area contributed by atoms with Crippen LogP contribution in [0, 0.1) is 11.8 Å². The predicted octanol–water partition coefficient (Wildman–Crippen LogP) is 5.08. The molecule has 0 heterocycles. The normalized spacial score (nSPS) is 24.6. The van der Waals surface area contributed by atoms with Crippen molar-refractivity contribution in [2.24, 2.45) is 11.8 Å². The van der Waals surface area contributed by atoms with Gasteiger partial charge >= 0.3 is 0 Å². The summed E-state index contributed by atoms with van der Waals surface area (Å²) in [6.07, 6.45) is 8.05. The van der Waals surface area contributed by atoms with Gasteiger partial charge in [0.05, 0.1) is 0 Å². The van der Waals surface area contributed by atoms with Gasteiger partial charge in [-0.05, 0) is 48.9 Å². The number of hydrogen-bond acceptors (Lipinski definition) is 1. The lowest BCUT2D eigenvalue weighted by Crippen LogP contribution is -2.42. The Kier molecular flexibility index (Phi) is 6.38. The van der Waals surface area contributed by atoms with Crippen molar-refractivity contribution in [3.63, 3.8) is 0 Å². The van der Waals surface area contributed by atoms with Crippen LogP contribution in [0.15, 0.2) is 24.3 Å². The van der Waals surface area contributed by atoms with Crippen LogP contribution in [-0.2, 0) is 6.42 Å². The van der Waals surface area contributed by atoms with Crippen molar-refractivity contribution < 1.29 is 0 Å². The van der Waals surface area contributed by atoms with Gasteiger partial charge in [0.1, 0.15) is 0 Å². The lowest BCUT2D eigenvalue weighted by Gasteiger charge is -2.37. The Hall–Kier alpha value is -0.530. The molecule has 112 valence electrons. The summed E-state index contributed by atoms with van der Waals surface area (Å²) in [7, 11) is 0. The highest BCUT2D eigenvalue weighted by molar-refractivity contribution is 6.30. The first-order valence-corrected chi connectivity index (χ1v) is 8.60. The first-order chi connectivity index (χ1) is 9.74. The van der Waals surface area contributed by atoms with E-state index in [1.165, 1.54) is 37.7 Å². The molecule has 1 aliphatic rings. The van der Waals surface area contributed by atoms with Gasteiger partial charge in [-0.15, -0.1) is 0 Å². The number of halogens is 1. The first-order valence-electron chi connectivity index (χ1n) is 8.22. The second kappa shape index (κ2) is 8.05. The highest BCUT2D eigenvalue weighted by Gasteiger charge is 2.30. The average molecular weight is 294 g/mol. The molecule has 1 N–H and O–H groups in total. The summed E-state index contributed by atoms with van der Waals surface area (Å²) in [5.41, 5.74) is 1.36. The first kappa shape index (κ1) is 15.9. The van der Waals surface area contributed by atoms with Crippen molar-refractivity contribution in [3.05, 3.63) is 34.9 Å². The average Bonchev–Trinajstić information content (AvgIpc) is 2.47. The largest absolute Gasteiger partial charge is 0.314 e. The fourth-order valence-electron chi connectivity index (χ4n) is 3.83. The van der Waals surface area contributed by atoms with E-state index in [4.69, 9.17) is 11.6 Å². The lowest BCUT2D eigenvalue weighted by molar-refractivity contribution is 0.175. The fourth-order valence-corrected chi connectivity index (χ4v) is 4.04. The number of rotatable bonds is 6. The van der Waals surface area contributed by atoms with Crippen LogP contribution >= 0.6 is 11.6 Å². The third-order valence-corrected chi connectivity index (χ3v) is 5.06. The van der Waals surface area contributed by atoms with Gasteiger partial charge in [-0.3, -0.25) is 0 Å². The number of nitrogens with one attached hydrogen (secondary N) is 1. The Balaban J connectivity index is 2.09. The highest BCUT2D eigenvalue weighted by atomic mass is 35.5. The van der Waals surface area contributed by atoms with Gasteiger partial charge in [0.2, 0.25) is 0 Å². The van der Waals surface area contributed by atoms with E-state index in [0.29, 0.717) is 6.04 Å². The Morgan fingerprint density at radius 2 is 2.05 bits per heavy atom. The van der Waals surface area contributed by atoms with E-state index in [1.54, 1.807) is 0 Å². The summed E-state index contributed by atoms with van der Waals surface area (Å²) in [6.45, 7) is 5.62. The summed E-state index contributed by atoms with van der Waals surface area (Å²) < 4.78 is 0. The predicted molar refractivity (Wildman–Crippen MR) is 88.4 cm³/mol. The van der Waals surface area contributed by atoms with E-state index in [9.17, 15) is 0 Å². The third kappa shape index (κ3) is 4.23. The minimum absolute atomic E-state index is 0.601. The minimum Gasteiger partial charge on any atom is -0.314 e. The molecule has 1 saturated carbocycles. The molecular formula is C18H28ClN. The summed E-state index contributed by atoms with van der Waals surface area (Å²) in [4.78, 5) is 0. The van der Waals surface area contributed by atoms with Crippen molar-refractivity contribution in [2.75, 3.05) is 6.54 Å². The Morgan fingerprint density at radius 1 is 1.25 bits per heavy atom. The summed E-state index contributed by atoms with van der Waals surface area (Å²) in [5.74, 6) is 1.72. The molecule has 1 aliphatic carbocycles. The number of likely N-dealkylation sites (N-methyl/N-ethyl adjacent to an activating group) is 1. The molecule has 20 heavy (non-hydrogen) atoms.